The van der Waals surface area contributed by atoms with Crippen LogP contribution in [-0.2, 0) is 0 Å². The van der Waals surface area contributed by atoms with Crippen LogP contribution in [-0.4, -0.2) is 79.1 Å². The summed E-state index contributed by atoms with van der Waals surface area (Å²) in [7, 11) is 2.24. The van der Waals surface area contributed by atoms with E-state index in [9.17, 15) is 0 Å². The Bertz CT molecular complexity index is 288. The molecule has 2 rings (SSSR count). The van der Waals surface area contributed by atoms with E-state index in [-0.39, 0.29) is 5.54 Å². The Hall–Kier alpha value is -0.160. The van der Waals surface area contributed by atoms with Crippen molar-refractivity contribution in [1.29, 1.82) is 0 Å². The molecule has 0 aromatic carbocycles. The molecule has 118 valence electrons. The molecule has 0 aromatic heterocycles. The smallest absolute Gasteiger partial charge is 0.0345 e. The number of piperazine rings is 1. The first kappa shape index (κ1) is 16.2. The molecule has 2 N–H and O–H groups in total. The van der Waals surface area contributed by atoms with Crippen molar-refractivity contribution in [2.24, 2.45) is 5.73 Å². The average Bonchev–Trinajstić information content (AvgIpc) is 2.69. The first-order valence-corrected chi connectivity index (χ1v) is 8.49. The predicted octanol–water partition coefficient (Wildman–Crippen LogP) is 1.22. The lowest BCUT2D eigenvalue weighted by atomic mass is 9.87. The molecule has 20 heavy (non-hydrogen) atoms. The largest absolute Gasteiger partial charge is 0.329 e. The predicted molar refractivity (Wildman–Crippen MR) is 86.0 cm³/mol. The van der Waals surface area contributed by atoms with Crippen LogP contribution in [0, 0.1) is 0 Å². The summed E-state index contributed by atoms with van der Waals surface area (Å²) in [5, 5.41) is 0. The molecule has 2 saturated heterocycles. The molecular formula is C16H34N4. The average molecular weight is 282 g/mol. The summed E-state index contributed by atoms with van der Waals surface area (Å²) in [6.45, 7) is 12.7. The van der Waals surface area contributed by atoms with E-state index in [1.54, 1.807) is 0 Å². The van der Waals surface area contributed by atoms with Crippen molar-refractivity contribution in [3.8, 4) is 0 Å². The highest BCUT2D eigenvalue weighted by molar-refractivity contribution is 4.96. The number of rotatable bonds is 4. The summed E-state index contributed by atoms with van der Waals surface area (Å²) in [4.78, 5) is 7.82. The quantitative estimate of drug-likeness (QED) is 0.841. The fraction of sp³-hybridized carbons (Fsp3) is 1.00. The molecule has 2 fully saturated rings. The van der Waals surface area contributed by atoms with Gasteiger partial charge in [-0.05, 0) is 52.7 Å². The first-order chi connectivity index (χ1) is 9.61. The second-order valence-corrected chi connectivity index (χ2v) is 6.87. The number of nitrogens with two attached hydrogens (primary N) is 1. The molecule has 4 nitrogen and oxygen atoms in total. The molecule has 0 bridgehead atoms. The maximum Gasteiger partial charge on any atom is 0.0345 e. The van der Waals surface area contributed by atoms with Gasteiger partial charge in [0, 0.05) is 44.3 Å². The van der Waals surface area contributed by atoms with E-state index in [0.29, 0.717) is 0 Å². The molecule has 0 spiro atoms. The minimum absolute atomic E-state index is 0.270. The van der Waals surface area contributed by atoms with Gasteiger partial charge in [0.05, 0.1) is 0 Å². The Morgan fingerprint density at radius 3 is 2.35 bits per heavy atom. The van der Waals surface area contributed by atoms with E-state index < -0.39 is 0 Å². The van der Waals surface area contributed by atoms with Crippen LogP contribution in [0.4, 0.5) is 0 Å². The molecule has 0 saturated carbocycles. The Morgan fingerprint density at radius 2 is 1.75 bits per heavy atom. The molecule has 4 heteroatoms. The Kier molecular flexibility index (Phi) is 5.84. The van der Waals surface area contributed by atoms with Crippen LogP contribution >= 0.6 is 0 Å². The van der Waals surface area contributed by atoms with Gasteiger partial charge >= 0.3 is 0 Å². The van der Waals surface area contributed by atoms with Gasteiger partial charge in [-0.2, -0.15) is 0 Å². The van der Waals surface area contributed by atoms with Gasteiger partial charge in [-0.1, -0.05) is 6.92 Å². The zero-order valence-corrected chi connectivity index (χ0v) is 13.8. The normalized spacial score (nSPS) is 33.0. The second-order valence-electron chi connectivity index (χ2n) is 6.87. The summed E-state index contributed by atoms with van der Waals surface area (Å²) in [5.74, 6) is 0. The van der Waals surface area contributed by atoms with E-state index in [0.717, 1.165) is 12.6 Å². The van der Waals surface area contributed by atoms with Gasteiger partial charge in [-0.25, -0.2) is 0 Å². The van der Waals surface area contributed by atoms with E-state index in [1.165, 1.54) is 65.0 Å². The number of likely N-dealkylation sites (tertiary alicyclic amines) is 1. The lowest BCUT2D eigenvalue weighted by Crippen LogP contribution is -2.61. The first-order valence-electron chi connectivity index (χ1n) is 8.49. The van der Waals surface area contributed by atoms with Crippen molar-refractivity contribution in [2.75, 3.05) is 52.9 Å². The van der Waals surface area contributed by atoms with Gasteiger partial charge in [-0.15, -0.1) is 0 Å². The zero-order valence-electron chi connectivity index (χ0n) is 13.8. The third-order valence-electron chi connectivity index (χ3n) is 5.72. The summed E-state index contributed by atoms with van der Waals surface area (Å²) < 4.78 is 0. The van der Waals surface area contributed by atoms with Gasteiger partial charge in [0.15, 0.2) is 0 Å². The van der Waals surface area contributed by atoms with Crippen LogP contribution in [0.25, 0.3) is 0 Å². The minimum Gasteiger partial charge on any atom is -0.329 e. The summed E-state index contributed by atoms with van der Waals surface area (Å²) in [6, 6.07) is 0.728. The van der Waals surface area contributed by atoms with Gasteiger partial charge in [0.2, 0.25) is 0 Å². The molecule has 2 aliphatic heterocycles. The number of nitrogens with zero attached hydrogens (tertiary/aromatic N) is 3. The van der Waals surface area contributed by atoms with E-state index in [1.807, 2.05) is 0 Å². The van der Waals surface area contributed by atoms with Crippen LogP contribution in [0.3, 0.4) is 0 Å². The lowest BCUT2D eigenvalue weighted by Gasteiger charge is -2.48. The fourth-order valence-electron chi connectivity index (χ4n) is 3.86. The van der Waals surface area contributed by atoms with Crippen molar-refractivity contribution < 1.29 is 0 Å². The summed E-state index contributed by atoms with van der Waals surface area (Å²) >= 11 is 0. The van der Waals surface area contributed by atoms with Crippen molar-refractivity contribution in [2.45, 2.75) is 51.1 Å². The second kappa shape index (κ2) is 7.21. The fourth-order valence-corrected chi connectivity index (χ4v) is 3.86. The third kappa shape index (κ3) is 3.53. The summed E-state index contributed by atoms with van der Waals surface area (Å²) in [5.41, 5.74) is 6.50. The molecule has 2 unspecified atom stereocenters. The van der Waals surface area contributed by atoms with Crippen molar-refractivity contribution in [1.82, 2.24) is 14.7 Å². The highest BCUT2D eigenvalue weighted by Crippen LogP contribution is 2.29. The molecule has 0 aromatic rings. The Labute approximate surface area is 125 Å². The lowest BCUT2D eigenvalue weighted by molar-refractivity contribution is 0.0149. The van der Waals surface area contributed by atoms with Crippen molar-refractivity contribution >= 4 is 0 Å². The third-order valence-corrected chi connectivity index (χ3v) is 5.72. The zero-order chi connectivity index (χ0) is 14.6. The van der Waals surface area contributed by atoms with Gasteiger partial charge in [0.1, 0.15) is 0 Å². The van der Waals surface area contributed by atoms with Crippen LogP contribution in [0.1, 0.15) is 39.5 Å². The van der Waals surface area contributed by atoms with E-state index in [4.69, 9.17) is 5.73 Å². The van der Waals surface area contributed by atoms with E-state index in [2.05, 4.69) is 35.6 Å². The molecule has 2 atom stereocenters. The highest BCUT2D eigenvalue weighted by Gasteiger charge is 2.38. The molecular weight excluding hydrogens is 248 g/mol. The SMILES string of the molecule is CCC(C)N1CCN(C2(CN)CCCN(C)CC2)CC1. The Balaban J connectivity index is 1.95. The van der Waals surface area contributed by atoms with Crippen LogP contribution < -0.4 is 5.73 Å². The molecule has 0 aliphatic carbocycles. The molecule has 0 amide bonds. The Morgan fingerprint density at radius 1 is 1.05 bits per heavy atom. The van der Waals surface area contributed by atoms with Crippen molar-refractivity contribution in [3.63, 3.8) is 0 Å². The monoisotopic (exact) mass is 282 g/mol. The van der Waals surface area contributed by atoms with Crippen molar-refractivity contribution in [3.05, 3.63) is 0 Å². The van der Waals surface area contributed by atoms with Gasteiger partial charge in [0.25, 0.3) is 0 Å². The maximum absolute atomic E-state index is 6.23. The molecule has 0 radical (unpaired) electrons. The maximum atomic E-state index is 6.23. The van der Waals surface area contributed by atoms with Crippen LogP contribution in [0.15, 0.2) is 0 Å². The van der Waals surface area contributed by atoms with Gasteiger partial charge in [-0.3, -0.25) is 9.80 Å². The number of hydrogen-bond acceptors (Lipinski definition) is 4. The molecule has 2 aliphatic rings. The van der Waals surface area contributed by atoms with Crippen LogP contribution in [0.5, 0.6) is 0 Å². The highest BCUT2D eigenvalue weighted by atomic mass is 15.3. The molecule has 2 heterocycles. The summed E-state index contributed by atoms with van der Waals surface area (Å²) in [6.07, 6.45) is 5.06. The minimum atomic E-state index is 0.270. The van der Waals surface area contributed by atoms with Crippen LogP contribution in [0.2, 0.25) is 0 Å². The topological polar surface area (TPSA) is 35.7 Å². The van der Waals surface area contributed by atoms with Gasteiger partial charge < -0.3 is 10.6 Å². The van der Waals surface area contributed by atoms with E-state index >= 15 is 0 Å². The standard InChI is InChI=1S/C16H34N4/c1-4-15(2)19-10-12-20(13-11-19)16(14-17)6-5-8-18(3)9-7-16/h15H,4-14,17H2,1-3H3. The number of hydrogen-bond donors (Lipinski definition) is 1.